The van der Waals surface area contributed by atoms with Gasteiger partial charge in [-0.1, -0.05) is 51.4 Å². The first kappa shape index (κ1) is 10.9. The summed E-state index contributed by atoms with van der Waals surface area (Å²) in [7, 11) is 3.49. The molecule has 76 valence electrons. The van der Waals surface area contributed by atoms with Crippen LogP contribution >= 0.6 is 33.2 Å². The monoisotopic (exact) mass is 252 g/mol. The van der Waals surface area contributed by atoms with Crippen LogP contribution < -0.4 is 0 Å². The summed E-state index contributed by atoms with van der Waals surface area (Å²) in [5.74, 6) is 0. The third kappa shape index (κ3) is 3.49. The Balaban J connectivity index is 1.96. The first-order chi connectivity index (χ1) is 7.34. The van der Waals surface area contributed by atoms with Crippen LogP contribution in [0, 0.1) is 0 Å². The van der Waals surface area contributed by atoms with Gasteiger partial charge in [0.25, 0.3) is 0 Å². The second-order valence-corrected chi connectivity index (χ2v) is 5.65. The highest BCUT2D eigenvalue weighted by atomic mass is 35.5. The lowest BCUT2D eigenvalue weighted by molar-refractivity contribution is 1.47. The molecule has 0 saturated heterocycles. The van der Waals surface area contributed by atoms with Crippen molar-refractivity contribution >= 4 is 33.2 Å². The van der Waals surface area contributed by atoms with Crippen LogP contribution in [0.25, 0.3) is 0 Å². The van der Waals surface area contributed by atoms with E-state index in [0.717, 1.165) is 5.02 Å². The Morgan fingerprint density at radius 2 is 1.20 bits per heavy atom. The van der Waals surface area contributed by atoms with Crippen molar-refractivity contribution in [2.24, 2.45) is 0 Å². The molecule has 0 aliphatic carbocycles. The van der Waals surface area contributed by atoms with E-state index in [2.05, 4.69) is 12.1 Å². The molecule has 0 fully saturated rings. The van der Waals surface area contributed by atoms with Crippen molar-refractivity contribution in [2.75, 3.05) is 0 Å². The van der Waals surface area contributed by atoms with Gasteiger partial charge in [0.15, 0.2) is 0 Å². The first-order valence-corrected chi connectivity index (χ1v) is 7.02. The van der Waals surface area contributed by atoms with E-state index in [1.54, 1.807) is 21.6 Å². The summed E-state index contributed by atoms with van der Waals surface area (Å²) < 4.78 is 0. The van der Waals surface area contributed by atoms with Crippen molar-refractivity contribution in [2.45, 2.75) is 9.79 Å². The molecular formula is C12H9ClS2. The van der Waals surface area contributed by atoms with Gasteiger partial charge < -0.3 is 0 Å². The Morgan fingerprint density at radius 3 is 1.80 bits per heavy atom. The van der Waals surface area contributed by atoms with Crippen molar-refractivity contribution in [3.8, 4) is 0 Å². The van der Waals surface area contributed by atoms with E-state index in [1.807, 2.05) is 42.5 Å². The molecule has 0 heterocycles. The van der Waals surface area contributed by atoms with E-state index >= 15 is 0 Å². The summed E-state index contributed by atoms with van der Waals surface area (Å²) in [6.45, 7) is 0. The van der Waals surface area contributed by atoms with Crippen molar-refractivity contribution in [3.05, 3.63) is 59.6 Å². The molecule has 2 aromatic rings. The Labute approximate surface area is 102 Å². The molecule has 2 aromatic carbocycles. The summed E-state index contributed by atoms with van der Waals surface area (Å²) in [6, 6.07) is 18.2. The fourth-order valence-corrected chi connectivity index (χ4v) is 3.14. The van der Waals surface area contributed by atoms with Gasteiger partial charge in [-0.2, -0.15) is 0 Å². The number of rotatable bonds is 3. The highest BCUT2D eigenvalue weighted by Crippen LogP contribution is 2.37. The quantitative estimate of drug-likeness (QED) is 0.694. The maximum atomic E-state index is 5.81. The van der Waals surface area contributed by atoms with Crippen LogP contribution in [-0.4, -0.2) is 0 Å². The zero-order valence-electron chi connectivity index (χ0n) is 7.89. The van der Waals surface area contributed by atoms with Crippen LogP contribution in [0.4, 0.5) is 0 Å². The fourth-order valence-electron chi connectivity index (χ4n) is 1.06. The molecule has 0 aliphatic rings. The van der Waals surface area contributed by atoms with Crippen molar-refractivity contribution in [3.63, 3.8) is 0 Å². The molecule has 2 rings (SSSR count). The molecule has 0 N–H and O–H groups in total. The third-order valence-electron chi connectivity index (χ3n) is 1.79. The molecule has 0 aromatic heterocycles. The van der Waals surface area contributed by atoms with Crippen molar-refractivity contribution in [1.29, 1.82) is 0 Å². The zero-order chi connectivity index (χ0) is 10.5. The first-order valence-electron chi connectivity index (χ1n) is 4.50. The maximum Gasteiger partial charge on any atom is 0.0406 e. The molecule has 15 heavy (non-hydrogen) atoms. The zero-order valence-corrected chi connectivity index (χ0v) is 10.3. The predicted molar refractivity (Wildman–Crippen MR) is 69.6 cm³/mol. The molecule has 0 amide bonds. The van der Waals surface area contributed by atoms with E-state index in [-0.39, 0.29) is 0 Å². The Kier molecular flexibility index (Phi) is 4.01. The lowest BCUT2D eigenvalue weighted by Crippen LogP contribution is -1.68. The average Bonchev–Trinajstić information content (AvgIpc) is 2.30. The van der Waals surface area contributed by atoms with Crippen LogP contribution in [0.5, 0.6) is 0 Å². The van der Waals surface area contributed by atoms with Gasteiger partial charge in [0.05, 0.1) is 0 Å². The largest absolute Gasteiger partial charge is 0.0843 e. The second kappa shape index (κ2) is 5.50. The van der Waals surface area contributed by atoms with E-state index in [0.29, 0.717) is 0 Å². The van der Waals surface area contributed by atoms with E-state index in [1.165, 1.54) is 9.79 Å². The predicted octanol–water partition coefficient (Wildman–Crippen LogP) is 5.14. The number of halogens is 1. The van der Waals surface area contributed by atoms with Crippen LogP contribution in [0.3, 0.4) is 0 Å². The van der Waals surface area contributed by atoms with Gasteiger partial charge in [0.1, 0.15) is 0 Å². The average molecular weight is 253 g/mol. The summed E-state index contributed by atoms with van der Waals surface area (Å²) >= 11 is 5.81. The fraction of sp³-hybridized carbons (Fsp3) is 0. The molecular weight excluding hydrogens is 244 g/mol. The molecule has 0 unspecified atom stereocenters. The van der Waals surface area contributed by atoms with Crippen LogP contribution in [0.2, 0.25) is 5.02 Å². The summed E-state index contributed by atoms with van der Waals surface area (Å²) in [5, 5.41) is 0.782. The maximum absolute atomic E-state index is 5.81. The van der Waals surface area contributed by atoms with Gasteiger partial charge >= 0.3 is 0 Å². The molecule has 3 heteroatoms. The Morgan fingerprint density at radius 1 is 0.667 bits per heavy atom. The normalized spacial score (nSPS) is 10.2. The van der Waals surface area contributed by atoms with E-state index < -0.39 is 0 Å². The lowest BCUT2D eigenvalue weighted by atomic mass is 10.4. The molecule has 0 nitrogen and oxygen atoms in total. The molecule has 0 aliphatic heterocycles. The van der Waals surface area contributed by atoms with Gasteiger partial charge in [-0.25, -0.2) is 0 Å². The standard InChI is InChI=1S/C12H9ClS2/c13-10-6-8-12(9-7-10)15-14-11-4-2-1-3-5-11/h1-9H. The van der Waals surface area contributed by atoms with Crippen molar-refractivity contribution in [1.82, 2.24) is 0 Å². The second-order valence-electron chi connectivity index (χ2n) is 2.93. The van der Waals surface area contributed by atoms with Crippen molar-refractivity contribution < 1.29 is 0 Å². The molecule has 0 spiro atoms. The highest BCUT2D eigenvalue weighted by molar-refractivity contribution is 8.76. The van der Waals surface area contributed by atoms with E-state index in [4.69, 9.17) is 11.6 Å². The topological polar surface area (TPSA) is 0 Å². The molecule has 0 bridgehead atoms. The smallest absolute Gasteiger partial charge is 0.0406 e. The molecule has 0 radical (unpaired) electrons. The number of benzene rings is 2. The van der Waals surface area contributed by atoms with Gasteiger partial charge in [-0.15, -0.1) is 0 Å². The Hall–Kier alpha value is -0.570. The van der Waals surface area contributed by atoms with Crippen LogP contribution in [-0.2, 0) is 0 Å². The number of hydrogen-bond donors (Lipinski definition) is 0. The molecule has 0 atom stereocenters. The Bertz CT molecular complexity index is 411. The summed E-state index contributed by atoms with van der Waals surface area (Å²) in [6.07, 6.45) is 0. The minimum absolute atomic E-state index is 0.782. The summed E-state index contributed by atoms with van der Waals surface area (Å²) in [4.78, 5) is 2.48. The molecule has 0 saturated carbocycles. The lowest BCUT2D eigenvalue weighted by Gasteiger charge is -2.00. The summed E-state index contributed by atoms with van der Waals surface area (Å²) in [5.41, 5.74) is 0. The highest BCUT2D eigenvalue weighted by Gasteiger charge is 1.96. The minimum atomic E-state index is 0.782. The third-order valence-corrected chi connectivity index (χ3v) is 4.46. The SMILES string of the molecule is Clc1ccc(SSc2ccccc2)cc1. The van der Waals surface area contributed by atoms with Crippen LogP contribution in [0.1, 0.15) is 0 Å². The van der Waals surface area contributed by atoms with Gasteiger partial charge in [-0.05, 0) is 36.4 Å². The number of hydrogen-bond acceptors (Lipinski definition) is 2. The minimum Gasteiger partial charge on any atom is -0.0843 e. The van der Waals surface area contributed by atoms with Gasteiger partial charge in [0.2, 0.25) is 0 Å². The van der Waals surface area contributed by atoms with Crippen LogP contribution in [0.15, 0.2) is 64.4 Å². The van der Waals surface area contributed by atoms with Gasteiger partial charge in [-0.3, -0.25) is 0 Å². The van der Waals surface area contributed by atoms with E-state index in [9.17, 15) is 0 Å². The van der Waals surface area contributed by atoms with Gasteiger partial charge in [0, 0.05) is 14.8 Å².